The fourth-order valence-corrected chi connectivity index (χ4v) is 1.76. The first kappa shape index (κ1) is 13.1. The van der Waals surface area contributed by atoms with Crippen LogP contribution >= 0.6 is 0 Å². The molecule has 0 amide bonds. The van der Waals surface area contributed by atoms with E-state index >= 15 is 0 Å². The Hall–Kier alpha value is -0.980. The molecule has 0 saturated carbocycles. The van der Waals surface area contributed by atoms with E-state index in [9.17, 15) is 12.8 Å². The average Bonchev–Trinajstić information content (AvgIpc) is 2.16. The van der Waals surface area contributed by atoms with Crippen LogP contribution in [-0.2, 0) is 10.0 Å². The van der Waals surface area contributed by atoms with Crippen molar-refractivity contribution in [3.63, 3.8) is 0 Å². The van der Waals surface area contributed by atoms with Crippen LogP contribution in [0.2, 0.25) is 0 Å². The molecular formula is C10H15FN2O2S. The first-order chi connectivity index (χ1) is 7.40. The van der Waals surface area contributed by atoms with Gasteiger partial charge in [0.2, 0.25) is 10.0 Å². The first-order valence-electron chi connectivity index (χ1n) is 4.88. The molecule has 3 N–H and O–H groups in total. The van der Waals surface area contributed by atoms with Gasteiger partial charge >= 0.3 is 0 Å². The van der Waals surface area contributed by atoms with Crippen molar-refractivity contribution in [2.75, 3.05) is 12.3 Å². The lowest BCUT2D eigenvalue weighted by Gasteiger charge is -2.14. The van der Waals surface area contributed by atoms with E-state index in [0.29, 0.717) is 5.56 Å². The van der Waals surface area contributed by atoms with Crippen molar-refractivity contribution < 1.29 is 12.8 Å². The van der Waals surface area contributed by atoms with Gasteiger partial charge in [-0.2, -0.15) is 0 Å². The molecule has 1 aromatic rings. The fourth-order valence-electron chi connectivity index (χ4n) is 1.35. The molecule has 0 fully saturated rings. The average molecular weight is 246 g/mol. The van der Waals surface area contributed by atoms with Crippen LogP contribution in [-0.4, -0.2) is 20.7 Å². The van der Waals surface area contributed by atoms with Gasteiger partial charge in [-0.15, -0.1) is 0 Å². The minimum Gasteiger partial charge on any atom is -0.309 e. The highest BCUT2D eigenvalue weighted by Gasteiger charge is 2.10. The predicted molar refractivity (Wildman–Crippen MR) is 60.8 cm³/mol. The highest BCUT2D eigenvalue weighted by molar-refractivity contribution is 7.89. The quantitative estimate of drug-likeness (QED) is 0.806. The third-order valence-corrected chi connectivity index (χ3v) is 2.98. The molecule has 1 rings (SSSR count). The van der Waals surface area contributed by atoms with Gasteiger partial charge < -0.3 is 5.32 Å². The number of halogens is 1. The van der Waals surface area contributed by atoms with Crippen molar-refractivity contribution >= 4 is 10.0 Å². The maximum atomic E-state index is 13.3. The summed E-state index contributed by atoms with van der Waals surface area (Å²) in [6.45, 7) is 1.97. The van der Waals surface area contributed by atoms with Crippen molar-refractivity contribution in [3.8, 4) is 0 Å². The Balaban J connectivity index is 2.54. The number of hydrogen-bond acceptors (Lipinski definition) is 3. The molecule has 1 atom stereocenters. The first-order valence-corrected chi connectivity index (χ1v) is 6.60. The van der Waals surface area contributed by atoms with Crippen LogP contribution in [0.25, 0.3) is 0 Å². The molecule has 0 spiro atoms. The fraction of sp³-hybridized carbons (Fsp3) is 0.400. The largest absolute Gasteiger partial charge is 0.309 e. The van der Waals surface area contributed by atoms with Gasteiger partial charge in [-0.3, -0.25) is 0 Å². The molecule has 0 aliphatic rings. The Labute approximate surface area is 94.7 Å². The summed E-state index contributed by atoms with van der Waals surface area (Å²) in [5.41, 5.74) is 0.511. The van der Waals surface area contributed by atoms with Crippen LogP contribution in [0, 0.1) is 5.82 Å². The third-order valence-electron chi connectivity index (χ3n) is 2.21. The van der Waals surface area contributed by atoms with Gasteiger partial charge in [0.05, 0.1) is 5.75 Å². The van der Waals surface area contributed by atoms with E-state index in [2.05, 4.69) is 5.32 Å². The lowest BCUT2D eigenvalue weighted by atomic mass is 10.1. The van der Waals surface area contributed by atoms with Crippen molar-refractivity contribution in [1.82, 2.24) is 5.32 Å². The van der Waals surface area contributed by atoms with Crippen LogP contribution in [0.4, 0.5) is 4.39 Å². The molecule has 0 saturated heterocycles. The monoisotopic (exact) mass is 246 g/mol. The normalized spacial score (nSPS) is 13.7. The van der Waals surface area contributed by atoms with Gasteiger partial charge in [0.15, 0.2) is 0 Å². The van der Waals surface area contributed by atoms with Crippen molar-refractivity contribution in [3.05, 3.63) is 35.6 Å². The highest BCUT2D eigenvalue weighted by Crippen LogP contribution is 2.15. The maximum absolute atomic E-state index is 13.3. The maximum Gasteiger partial charge on any atom is 0.210 e. The Morgan fingerprint density at radius 3 is 2.62 bits per heavy atom. The summed E-state index contributed by atoms with van der Waals surface area (Å²) in [5.74, 6) is -0.468. The molecule has 90 valence electrons. The van der Waals surface area contributed by atoms with Crippen LogP contribution in [0.5, 0.6) is 0 Å². The molecular weight excluding hydrogens is 231 g/mol. The van der Waals surface area contributed by atoms with E-state index in [1.165, 1.54) is 6.07 Å². The number of nitrogens with two attached hydrogens (primary N) is 1. The number of sulfonamides is 1. The molecule has 16 heavy (non-hydrogen) atoms. The van der Waals surface area contributed by atoms with Gasteiger partial charge in [-0.05, 0) is 13.0 Å². The summed E-state index contributed by atoms with van der Waals surface area (Å²) in [6, 6.07) is 6.12. The second kappa shape index (κ2) is 5.38. The van der Waals surface area contributed by atoms with E-state index in [4.69, 9.17) is 5.14 Å². The second-order valence-corrected chi connectivity index (χ2v) is 5.30. The van der Waals surface area contributed by atoms with E-state index in [0.717, 1.165) is 0 Å². The Morgan fingerprint density at radius 2 is 2.06 bits per heavy atom. The minimum absolute atomic E-state index is 0.161. The second-order valence-electron chi connectivity index (χ2n) is 3.56. The molecule has 0 radical (unpaired) electrons. The zero-order valence-corrected chi connectivity index (χ0v) is 9.80. The van der Waals surface area contributed by atoms with E-state index in [1.807, 2.05) is 0 Å². The lowest BCUT2D eigenvalue weighted by Crippen LogP contribution is -2.29. The summed E-state index contributed by atoms with van der Waals surface area (Å²) in [7, 11) is -3.47. The highest BCUT2D eigenvalue weighted by atomic mass is 32.2. The van der Waals surface area contributed by atoms with Gasteiger partial charge in [-0.25, -0.2) is 17.9 Å². The molecule has 0 aromatic heterocycles. The predicted octanol–water partition coefficient (Wildman–Crippen LogP) is 0.765. The number of rotatable bonds is 5. The van der Waals surface area contributed by atoms with E-state index in [1.54, 1.807) is 25.1 Å². The van der Waals surface area contributed by atoms with Crippen LogP contribution < -0.4 is 10.5 Å². The van der Waals surface area contributed by atoms with E-state index in [-0.39, 0.29) is 24.2 Å². The smallest absolute Gasteiger partial charge is 0.210 e. The number of primary sulfonamides is 1. The Kier molecular flexibility index (Phi) is 4.40. The molecule has 0 unspecified atom stereocenters. The number of hydrogen-bond donors (Lipinski definition) is 2. The molecule has 0 aliphatic heterocycles. The van der Waals surface area contributed by atoms with Crippen LogP contribution in [0.3, 0.4) is 0 Å². The standard InChI is InChI=1S/C10H15FN2O2S/c1-8(13-6-7-16(12,14)15)9-4-2-3-5-10(9)11/h2-5,8,13H,6-7H2,1H3,(H2,12,14,15)/t8-/m1/s1. The topological polar surface area (TPSA) is 72.2 Å². The summed E-state index contributed by atoms with van der Waals surface area (Å²) in [5, 5.41) is 7.75. The number of benzene rings is 1. The van der Waals surface area contributed by atoms with E-state index < -0.39 is 10.0 Å². The third kappa shape index (κ3) is 4.26. The van der Waals surface area contributed by atoms with Crippen LogP contribution in [0.15, 0.2) is 24.3 Å². The van der Waals surface area contributed by atoms with Crippen LogP contribution in [0.1, 0.15) is 18.5 Å². The van der Waals surface area contributed by atoms with Gasteiger partial charge in [0, 0.05) is 18.2 Å². The zero-order chi connectivity index (χ0) is 12.2. The Morgan fingerprint density at radius 1 is 1.44 bits per heavy atom. The molecule has 4 nitrogen and oxygen atoms in total. The molecule has 0 aliphatic carbocycles. The lowest BCUT2D eigenvalue weighted by molar-refractivity contribution is 0.537. The van der Waals surface area contributed by atoms with Gasteiger partial charge in [-0.1, -0.05) is 18.2 Å². The van der Waals surface area contributed by atoms with Gasteiger partial charge in [0.25, 0.3) is 0 Å². The molecule has 0 heterocycles. The summed E-state index contributed by atoms with van der Waals surface area (Å²) in [4.78, 5) is 0. The minimum atomic E-state index is -3.47. The number of nitrogens with one attached hydrogen (secondary N) is 1. The zero-order valence-electron chi connectivity index (χ0n) is 8.98. The molecule has 0 bridgehead atoms. The van der Waals surface area contributed by atoms with Gasteiger partial charge in [0.1, 0.15) is 5.82 Å². The van der Waals surface area contributed by atoms with Crippen molar-refractivity contribution in [2.45, 2.75) is 13.0 Å². The molecule has 6 heteroatoms. The SMILES string of the molecule is C[C@@H](NCCS(N)(=O)=O)c1ccccc1F. The summed E-state index contributed by atoms with van der Waals surface area (Å²) in [6.07, 6.45) is 0. The van der Waals surface area contributed by atoms with Crippen molar-refractivity contribution in [1.29, 1.82) is 0 Å². The summed E-state index contributed by atoms with van der Waals surface area (Å²) >= 11 is 0. The van der Waals surface area contributed by atoms with Crippen molar-refractivity contribution in [2.24, 2.45) is 5.14 Å². The summed E-state index contributed by atoms with van der Waals surface area (Å²) < 4.78 is 34.7. The molecule has 1 aromatic carbocycles. The Bertz CT molecular complexity index is 448.